The van der Waals surface area contributed by atoms with Gasteiger partial charge in [-0.25, -0.2) is 4.79 Å². The molecule has 0 saturated heterocycles. The molecule has 0 radical (unpaired) electrons. The summed E-state index contributed by atoms with van der Waals surface area (Å²) in [7, 11) is -1.77. The van der Waals surface area contributed by atoms with Gasteiger partial charge in [-0.1, -0.05) is 36.7 Å². The van der Waals surface area contributed by atoms with E-state index in [1.165, 1.54) is 0 Å². The molecular formula is C22H30BrN3O2Si. The van der Waals surface area contributed by atoms with Crippen LogP contribution in [0.5, 0.6) is 0 Å². The van der Waals surface area contributed by atoms with Crippen molar-refractivity contribution in [3.63, 3.8) is 0 Å². The Kier molecular flexibility index (Phi) is 5.28. The molecule has 156 valence electrons. The van der Waals surface area contributed by atoms with E-state index in [1.54, 1.807) is 6.20 Å². The van der Waals surface area contributed by atoms with Crippen LogP contribution in [0.2, 0.25) is 18.1 Å². The van der Waals surface area contributed by atoms with E-state index in [9.17, 15) is 4.79 Å². The molecule has 1 aromatic carbocycles. The zero-order chi connectivity index (χ0) is 21.0. The van der Waals surface area contributed by atoms with E-state index in [1.807, 2.05) is 16.7 Å². The van der Waals surface area contributed by atoms with Crippen LogP contribution in [-0.4, -0.2) is 29.0 Å². The van der Waals surface area contributed by atoms with Crippen LogP contribution in [0, 0.1) is 0 Å². The SMILES string of the molecule is CC(C)(C)[Si](C)(C)OC1CCC(n2c(=O)[nH]c3cnc4ccc(Br)cc4c32)CC1. The Balaban J connectivity index is 1.63. The van der Waals surface area contributed by atoms with Crippen LogP contribution in [0.4, 0.5) is 0 Å². The third-order valence-electron chi connectivity index (χ3n) is 6.78. The standard InChI is InChI=1S/C22H30BrN3O2Si/c1-22(2,3)29(4,5)28-16-9-7-15(8-10-16)26-20-17-12-14(23)6-11-18(17)24-13-19(20)25-21(26)27/h6,11-13,15-16H,7-10H2,1-5H3,(H,25,27). The van der Waals surface area contributed by atoms with E-state index >= 15 is 0 Å². The van der Waals surface area contributed by atoms with Crippen molar-refractivity contribution in [2.24, 2.45) is 0 Å². The minimum absolute atomic E-state index is 0.0389. The van der Waals surface area contributed by atoms with Crippen LogP contribution in [0.1, 0.15) is 52.5 Å². The average molecular weight is 476 g/mol. The lowest BCUT2D eigenvalue weighted by atomic mass is 9.93. The van der Waals surface area contributed by atoms with Gasteiger partial charge in [0, 0.05) is 22.0 Å². The third kappa shape index (κ3) is 3.84. The summed E-state index contributed by atoms with van der Waals surface area (Å²) in [6, 6.07) is 6.23. The van der Waals surface area contributed by atoms with Crippen molar-refractivity contribution >= 4 is 46.2 Å². The maximum absolute atomic E-state index is 12.9. The van der Waals surface area contributed by atoms with E-state index in [0.717, 1.165) is 52.1 Å². The molecule has 1 saturated carbocycles. The van der Waals surface area contributed by atoms with Crippen LogP contribution in [0.3, 0.4) is 0 Å². The molecule has 0 amide bonds. The second-order valence-electron chi connectivity index (χ2n) is 9.79. The first kappa shape index (κ1) is 20.8. The fourth-order valence-electron chi connectivity index (χ4n) is 4.14. The maximum atomic E-state index is 12.9. The normalized spacial score (nSPS) is 21.2. The van der Waals surface area contributed by atoms with Gasteiger partial charge in [0.1, 0.15) is 0 Å². The van der Waals surface area contributed by atoms with Crippen molar-refractivity contribution in [1.82, 2.24) is 14.5 Å². The number of aromatic nitrogens is 3. The molecule has 2 heterocycles. The van der Waals surface area contributed by atoms with Crippen molar-refractivity contribution < 1.29 is 4.43 Å². The smallest absolute Gasteiger partial charge is 0.326 e. The second-order valence-corrected chi connectivity index (χ2v) is 15.5. The topological polar surface area (TPSA) is 59.9 Å². The molecule has 3 aromatic rings. The lowest BCUT2D eigenvalue weighted by molar-refractivity contribution is 0.118. The van der Waals surface area contributed by atoms with Crippen LogP contribution in [-0.2, 0) is 4.43 Å². The molecule has 1 fully saturated rings. The van der Waals surface area contributed by atoms with Gasteiger partial charge in [-0.05, 0) is 62.0 Å². The number of hydrogen-bond donors (Lipinski definition) is 1. The van der Waals surface area contributed by atoms with Crippen LogP contribution < -0.4 is 5.69 Å². The molecule has 29 heavy (non-hydrogen) atoms. The number of H-pyrrole nitrogens is 1. The zero-order valence-corrected chi connectivity index (χ0v) is 20.5. The monoisotopic (exact) mass is 475 g/mol. The fourth-order valence-corrected chi connectivity index (χ4v) is 5.93. The highest BCUT2D eigenvalue weighted by atomic mass is 79.9. The minimum Gasteiger partial charge on any atom is -0.414 e. The lowest BCUT2D eigenvalue weighted by Gasteiger charge is -2.41. The molecule has 0 atom stereocenters. The highest BCUT2D eigenvalue weighted by Gasteiger charge is 2.40. The number of aromatic amines is 1. The molecule has 1 N–H and O–H groups in total. The third-order valence-corrected chi connectivity index (χ3v) is 11.8. The molecule has 0 aliphatic heterocycles. The van der Waals surface area contributed by atoms with Gasteiger partial charge in [0.2, 0.25) is 0 Å². The maximum Gasteiger partial charge on any atom is 0.326 e. The second kappa shape index (κ2) is 7.36. The first-order valence-electron chi connectivity index (χ1n) is 10.4. The molecule has 5 nitrogen and oxygen atoms in total. The molecule has 4 rings (SSSR count). The molecular weight excluding hydrogens is 446 g/mol. The van der Waals surface area contributed by atoms with Gasteiger partial charge in [0.15, 0.2) is 8.32 Å². The van der Waals surface area contributed by atoms with Crippen LogP contribution in [0.15, 0.2) is 33.7 Å². The van der Waals surface area contributed by atoms with Crippen molar-refractivity contribution in [1.29, 1.82) is 0 Å². The quantitative estimate of drug-likeness (QED) is 0.462. The number of pyridine rings is 1. The van der Waals surface area contributed by atoms with E-state index in [2.05, 4.69) is 65.8 Å². The Morgan fingerprint density at radius 3 is 2.55 bits per heavy atom. The van der Waals surface area contributed by atoms with Crippen LogP contribution in [0.25, 0.3) is 21.9 Å². The summed E-state index contributed by atoms with van der Waals surface area (Å²) in [6.07, 6.45) is 6.01. The van der Waals surface area contributed by atoms with Gasteiger partial charge < -0.3 is 9.41 Å². The summed E-state index contributed by atoms with van der Waals surface area (Å²) in [6.45, 7) is 11.5. The molecule has 0 spiro atoms. The predicted octanol–water partition coefficient (Wildman–Crippen LogP) is 6.15. The van der Waals surface area contributed by atoms with Crippen molar-refractivity contribution in [3.8, 4) is 0 Å². The summed E-state index contributed by atoms with van der Waals surface area (Å²) in [5.41, 5.74) is 2.64. The highest BCUT2D eigenvalue weighted by molar-refractivity contribution is 9.10. The van der Waals surface area contributed by atoms with Gasteiger partial charge in [0.05, 0.1) is 22.7 Å². The number of imidazole rings is 1. The van der Waals surface area contributed by atoms with Gasteiger partial charge >= 0.3 is 5.69 Å². The van der Waals surface area contributed by atoms with Crippen molar-refractivity contribution in [3.05, 3.63) is 39.4 Å². The Morgan fingerprint density at radius 2 is 1.90 bits per heavy atom. The minimum atomic E-state index is -1.77. The van der Waals surface area contributed by atoms with E-state index in [4.69, 9.17) is 4.43 Å². The van der Waals surface area contributed by atoms with Crippen molar-refractivity contribution in [2.45, 2.75) is 76.7 Å². The summed E-state index contributed by atoms with van der Waals surface area (Å²) in [5, 5.41) is 1.23. The molecule has 1 aliphatic rings. The molecule has 0 unspecified atom stereocenters. The number of rotatable bonds is 3. The van der Waals surface area contributed by atoms with Crippen LogP contribution >= 0.6 is 15.9 Å². The number of nitrogens with one attached hydrogen (secondary N) is 1. The summed E-state index contributed by atoms with van der Waals surface area (Å²) in [5.74, 6) is 0. The number of fused-ring (bicyclic) bond motifs is 3. The Bertz CT molecular complexity index is 1100. The highest BCUT2D eigenvalue weighted by Crippen LogP contribution is 2.40. The van der Waals surface area contributed by atoms with Gasteiger partial charge in [-0.2, -0.15) is 0 Å². The number of nitrogens with zero attached hydrogens (tertiary/aromatic N) is 2. The Hall–Kier alpha value is -1.44. The summed E-state index contributed by atoms with van der Waals surface area (Å²) >= 11 is 3.56. The average Bonchev–Trinajstić information content (AvgIpc) is 2.97. The molecule has 2 aromatic heterocycles. The van der Waals surface area contributed by atoms with Crippen molar-refractivity contribution in [2.75, 3.05) is 0 Å². The van der Waals surface area contributed by atoms with E-state index in [0.29, 0.717) is 6.10 Å². The lowest BCUT2D eigenvalue weighted by Crippen LogP contribution is -2.45. The largest absolute Gasteiger partial charge is 0.414 e. The number of halogens is 1. The van der Waals surface area contributed by atoms with Gasteiger partial charge in [-0.15, -0.1) is 0 Å². The molecule has 7 heteroatoms. The van der Waals surface area contributed by atoms with Gasteiger partial charge in [-0.3, -0.25) is 9.55 Å². The summed E-state index contributed by atoms with van der Waals surface area (Å²) in [4.78, 5) is 20.4. The molecule has 0 bridgehead atoms. The summed E-state index contributed by atoms with van der Waals surface area (Å²) < 4.78 is 9.60. The fraction of sp³-hybridized carbons (Fsp3) is 0.545. The Labute approximate surface area is 181 Å². The number of hydrogen-bond acceptors (Lipinski definition) is 3. The number of benzene rings is 1. The van der Waals surface area contributed by atoms with E-state index in [-0.39, 0.29) is 16.8 Å². The molecule has 1 aliphatic carbocycles. The van der Waals surface area contributed by atoms with Gasteiger partial charge in [0.25, 0.3) is 0 Å². The zero-order valence-electron chi connectivity index (χ0n) is 17.9. The van der Waals surface area contributed by atoms with E-state index < -0.39 is 8.32 Å². The first-order chi connectivity index (χ1) is 13.6. The Morgan fingerprint density at radius 1 is 1.21 bits per heavy atom. The first-order valence-corrected chi connectivity index (χ1v) is 14.1. The predicted molar refractivity (Wildman–Crippen MR) is 125 cm³/mol.